The van der Waals surface area contributed by atoms with Crippen LogP contribution in [-0.2, 0) is 0 Å². The molecule has 0 fully saturated rings. The van der Waals surface area contributed by atoms with Gasteiger partial charge in [0.25, 0.3) is 0 Å². The van der Waals surface area contributed by atoms with E-state index in [0.717, 1.165) is 9.79 Å². The summed E-state index contributed by atoms with van der Waals surface area (Å²) in [4.78, 5) is 27.6. The van der Waals surface area contributed by atoms with Crippen LogP contribution in [0.5, 0.6) is 11.5 Å². The smallest absolute Gasteiger partial charge is 0.198 e. The second kappa shape index (κ2) is 8.31. The van der Waals surface area contributed by atoms with Gasteiger partial charge in [-0.15, -0.1) is 23.5 Å². The molecule has 1 aliphatic rings. The molecule has 3 aromatic carbocycles. The summed E-state index contributed by atoms with van der Waals surface area (Å²) in [5.74, 6) is -0.900. The fraction of sp³-hybridized carbons (Fsp3) is 0.182. The lowest BCUT2D eigenvalue weighted by Crippen LogP contribution is -2.21. The zero-order valence-electron chi connectivity index (χ0n) is 15.7. The second-order valence-electron chi connectivity index (χ2n) is 6.64. The van der Waals surface area contributed by atoms with Crippen molar-refractivity contribution in [3.8, 4) is 11.5 Å². The van der Waals surface area contributed by atoms with Gasteiger partial charge >= 0.3 is 0 Å². The molecule has 30 heavy (non-hydrogen) atoms. The van der Waals surface area contributed by atoms with Crippen LogP contribution in [0.15, 0.2) is 46.2 Å². The van der Waals surface area contributed by atoms with Gasteiger partial charge in [-0.3, -0.25) is 9.59 Å². The highest BCUT2D eigenvalue weighted by Crippen LogP contribution is 2.47. The van der Waals surface area contributed by atoms with Crippen LogP contribution in [-0.4, -0.2) is 56.7 Å². The quantitative estimate of drug-likeness (QED) is 0.266. The molecule has 4 rings (SSSR count). The fourth-order valence-electron chi connectivity index (χ4n) is 3.59. The Hall–Kier alpha value is -2.52. The summed E-state index contributed by atoms with van der Waals surface area (Å²) in [6.07, 6.45) is 0. The van der Waals surface area contributed by atoms with Crippen LogP contribution in [0.2, 0.25) is 0 Å². The Morgan fingerprint density at radius 3 is 1.47 bits per heavy atom. The fourth-order valence-corrected chi connectivity index (χ4v) is 5.37. The summed E-state index contributed by atoms with van der Waals surface area (Å²) in [5, 5.41) is 40.8. The van der Waals surface area contributed by atoms with Crippen LogP contribution in [0, 0.1) is 0 Å². The number of benzene rings is 3. The Morgan fingerprint density at radius 2 is 1.10 bits per heavy atom. The summed E-state index contributed by atoms with van der Waals surface area (Å²) in [5.41, 5.74) is -0.0155. The second-order valence-corrected chi connectivity index (χ2v) is 8.91. The maximum atomic E-state index is 13.0. The predicted molar refractivity (Wildman–Crippen MR) is 116 cm³/mol. The monoisotopic (exact) mass is 442 g/mol. The molecule has 154 valence electrons. The molecule has 0 amide bonds. The van der Waals surface area contributed by atoms with E-state index in [4.69, 9.17) is 0 Å². The van der Waals surface area contributed by atoms with Crippen molar-refractivity contribution < 1.29 is 30.0 Å². The van der Waals surface area contributed by atoms with E-state index >= 15 is 0 Å². The number of fused-ring (bicyclic) bond motifs is 3. The number of phenolic OH excluding ortho intramolecular Hbond substituents is 2. The first kappa shape index (κ1) is 20.7. The number of aromatic hydroxyl groups is 2. The first-order valence-electron chi connectivity index (χ1n) is 9.21. The molecule has 3 aromatic rings. The topological polar surface area (TPSA) is 115 Å². The van der Waals surface area contributed by atoms with E-state index in [1.807, 2.05) is 0 Å². The van der Waals surface area contributed by atoms with E-state index in [-0.39, 0.29) is 57.7 Å². The number of aliphatic hydroxyl groups excluding tert-OH is 2. The van der Waals surface area contributed by atoms with Crippen molar-refractivity contribution in [1.82, 2.24) is 0 Å². The van der Waals surface area contributed by atoms with Crippen molar-refractivity contribution in [3.05, 3.63) is 58.7 Å². The molecule has 0 saturated carbocycles. The van der Waals surface area contributed by atoms with Gasteiger partial charge in [0.15, 0.2) is 11.6 Å². The van der Waals surface area contributed by atoms with Crippen molar-refractivity contribution >= 4 is 45.9 Å². The van der Waals surface area contributed by atoms with Crippen LogP contribution in [0.25, 0.3) is 10.8 Å². The molecule has 0 aromatic heterocycles. The highest BCUT2D eigenvalue weighted by molar-refractivity contribution is 8.02. The average Bonchev–Trinajstić information content (AvgIpc) is 2.76. The van der Waals surface area contributed by atoms with Crippen molar-refractivity contribution in [1.29, 1.82) is 0 Å². The molecule has 0 atom stereocenters. The Bertz CT molecular complexity index is 1100. The molecule has 0 radical (unpaired) electrons. The molecule has 8 heteroatoms. The molecule has 0 unspecified atom stereocenters. The summed E-state index contributed by atoms with van der Waals surface area (Å²) < 4.78 is 0. The van der Waals surface area contributed by atoms with Gasteiger partial charge in [-0.05, 0) is 12.1 Å². The summed E-state index contributed by atoms with van der Waals surface area (Å²) in [6.45, 7) is -0.0873. The number of thioether (sulfide) groups is 2. The van der Waals surface area contributed by atoms with Crippen LogP contribution in [0.4, 0.5) is 0 Å². The average molecular weight is 443 g/mol. The lowest BCUT2D eigenvalue weighted by molar-refractivity contribution is 0.0974. The minimum Gasteiger partial charge on any atom is -0.506 e. The SMILES string of the molecule is O=C1c2ccccc2C(=O)c2c1c(O)c1cc(SCCO)c(SCCO)cc1c2O. The van der Waals surface area contributed by atoms with Crippen molar-refractivity contribution in [2.24, 2.45) is 0 Å². The predicted octanol–water partition coefficient (Wildman–Crippen LogP) is 3.20. The van der Waals surface area contributed by atoms with Crippen LogP contribution >= 0.6 is 23.5 Å². The lowest BCUT2D eigenvalue weighted by atomic mass is 9.81. The van der Waals surface area contributed by atoms with Gasteiger partial charge in [0.05, 0.1) is 24.3 Å². The molecule has 1 aliphatic carbocycles. The maximum absolute atomic E-state index is 13.0. The molecule has 6 nitrogen and oxygen atoms in total. The van der Waals surface area contributed by atoms with Crippen LogP contribution in [0.3, 0.4) is 0 Å². The molecule has 0 aliphatic heterocycles. The van der Waals surface area contributed by atoms with Gasteiger partial charge in [-0.25, -0.2) is 0 Å². The Kier molecular flexibility index (Phi) is 5.75. The third kappa shape index (κ3) is 3.26. The molecule has 0 bridgehead atoms. The standard InChI is InChI=1S/C22H18O6S2/c23-5-7-29-15-9-13-14(10-16(15)30-8-6-24)22(28)18-17(21(13)27)19(25)11-3-1-2-4-12(11)20(18)26/h1-4,9-10,23-24,27-28H,5-8H2. The van der Waals surface area contributed by atoms with Crippen molar-refractivity contribution in [3.63, 3.8) is 0 Å². The van der Waals surface area contributed by atoms with Crippen LogP contribution in [0.1, 0.15) is 31.8 Å². The van der Waals surface area contributed by atoms with E-state index in [1.165, 1.54) is 35.7 Å². The number of hydrogen-bond donors (Lipinski definition) is 4. The number of aliphatic hydroxyl groups is 2. The maximum Gasteiger partial charge on any atom is 0.198 e. The van der Waals surface area contributed by atoms with Gasteiger partial charge in [0, 0.05) is 43.2 Å². The number of carbonyl (C=O) groups excluding carboxylic acids is 2. The van der Waals surface area contributed by atoms with E-state index < -0.39 is 11.6 Å². The van der Waals surface area contributed by atoms with Gasteiger partial charge < -0.3 is 20.4 Å². The summed E-state index contributed by atoms with van der Waals surface area (Å²) >= 11 is 2.71. The third-order valence-electron chi connectivity index (χ3n) is 4.89. The zero-order chi connectivity index (χ0) is 21.4. The largest absolute Gasteiger partial charge is 0.506 e. The Labute approximate surface area is 180 Å². The van der Waals surface area contributed by atoms with Crippen molar-refractivity contribution in [2.45, 2.75) is 9.79 Å². The highest BCUT2D eigenvalue weighted by atomic mass is 32.2. The Balaban J connectivity index is 2.00. The summed E-state index contributed by atoms with van der Waals surface area (Å²) in [6, 6.07) is 9.61. The van der Waals surface area contributed by atoms with Gasteiger partial charge in [-0.2, -0.15) is 0 Å². The molecule has 0 heterocycles. The number of carbonyl (C=O) groups is 2. The first-order valence-corrected chi connectivity index (χ1v) is 11.2. The van der Waals surface area contributed by atoms with Crippen molar-refractivity contribution in [2.75, 3.05) is 24.7 Å². The van der Waals surface area contributed by atoms with E-state index in [9.17, 15) is 30.0 Å². The molecule has 4 N–H and O–H groups in total. The molecular formula is C22H18O6S2. The number of hydrogen-bond acceptors (Lipinski definition) is 8. The lowest BCUT2D eigenvalue weighted by Gasteiger charge is -2.22. The van der Waals surface area contributed by atoms with Gasteiger partial charge in [0.2, 0.25) is 0 Å². The normalized spacial score (nSPS) is 12.9. The van der Waals surface area contributed by atoms with E-state index in [2.05, 4.69) is 0 Å². The van der Waals surface area contributed by atoms with Gasteiger partial charge in [-0.1, -0.05) is 24.3 Å². The third-order valence-corrected chi connectivity index (χ3v) is 7.09. The zero-order valence-corrected chi connectivity index (χ0v) is 17.3. The minimum absolute atomic E-state index is 0.0436. The number of rotatable bonds is 6. The first-order chi connectivity index (χ1) is 14.5. The van der Waals surface area contributed by atoms with E-state index in [0.29, 0.717) is 11.5 Å². The molecule has 0 saturated heterocycles. The van der Waals surface area contributed by atoms with Gasteiger partial charge in [0.1, 0.15) is 11.5 Å². The number of phenols is 2. The molecule has 0 spiro atoms. The van der Waals surface area contributed by atoms with Crippen LogP contribution < -0.4 is 0 Å². The summed E-state index contributed by atoms with van der Waals surface area (Å²) in [7, 11) is 0. The highest BCUT2D eigenvalue weighted by Gasteiger charge is 2.36. The van der Waals surface area contributed by atoms with E-state index in [1.54, 1.807) is 24.3 Å². The minimum atomic E-state index is -0.516. The molecular weight excluding hydrogens is 424 g/mol. The Morgan fingerprint density at radius 1 is 0.700 bits per heavy atom. The number of ketones is 2.